The van der Waals surface area contributed by atoms with Gasteiger partial charge in [0.1, 0.15) is 11.7 Å². The molecule has 1 saturated carbocycles. The molecule has 1 aromatic rings. The Morgan fingerprint density at radius 3 is 2.60 bits per heavy atom. The lowest BCUT2D eigenvalue weighted by molar-refractivity contribution is -0.127. The Bertz CT molecular complexity index is 796. The Morgan fingerprint density at radius 2 is 2.03 bits per heavy atom. The van der Waals surface area contributed by atoms with Gasteiger partial charge in [-0.3, -0.25) is 9.59 Å². The number of aromatic nitrogens is 1. The Kier molecular flexibility index (Phi) is 5.86. The highest BCUT2D eigenvalue weighted by atomic mass is 16.5. The number of carbonyl (C=O) groups excluding carboxylic acids is 2. The van der Waals surface area contributed by atoms with E-state index in [0.717, 1.165) is 32.0 Å². The second-order valence-corrected chi connectivity index (χ2v) is 9.39. The van der Waals surface area contributed by atoms with Gasteiger partial charge in [-0.15, -0.1) is 0 Å². The molecule has 2 aliphatic heterocycles. The third-order valence-corrected chi connectivity index (χ3v) is 6.01. The van der Waals surface area contributed by atoms with Crippen molar-refractivity contribution >= 4 is 17.5 Å². The molecule has 8 heteroatoms. The van der Waals surface area contributed by atoms with Crippen molar-refractivity contribution in [1.29, 1.82) is 0 Å². The number of ether oxygens (including phenoxy) is 2. The largest absolute Gasteiger partial charge is 0.476 e. The summed E-state index contributed by atoms with van der Waals surface area (Å²) in [6, 6.07) is 3.04. The van der Waals surface area contributed by atoms with Crippen molar-refractivity contribution in [3.63, 3.8) is 0 Å². The topological polar surface area (TPSA) is 92.8 Å². The molecule has 0 bridgehead atoms. The summed E-state index contributed by atoms with van der Waals surface area (Å²) < 4.78 is 11.4. The third kappa shape index (κ3) is 4.53. The molecule has 1 unspecified atom stereocenters. The predicted molar refractivity (Wildman–Crippen MR) is 113 cm³/mol. The fourth-order valence-corrected chi connectivity index (χ4v) is 4.00. The van der Waals surface area contributed by atoms with E-state index in [2.05, 4.69) is 20.5 Å². The zero-order chi connectivity index (χ0) is 21.3. The van der Waals surface area contributed by atoms with Crippen LogP contribution in [0.4, 0.5) is 5.69 Å². The summed E-state index contributed by atoms with van der Waals surface area (Å²) in [7, 11) is 1.58. The zero-order valence-electron chi connectivity index (χ0n) is 18.1. The first-order valence-corrected chi connectivity index (χ1v) is 10.9. The lowest BCUT2D eigenvalue weighted by Gasteiger charge is -2.55. The number of amides is 2. The van der Waals surface area contributed by atoms with Gasteiger partial charge in [0.05, 0.1) is 30.9 Å². The maximum absolute atomic E-state index is 12.8. The van der Waals surface area contributed by atoms with Crippen molar-refractivity contribution in [2.45, 2.75) is 39.2 Å². The minimum absolute atomic E-state index is 0.201. The normalized spacial score (nSPS) is 20.3. The van der Waals surface area contributed by atoms with Gasteiger partial charge in [-0.2, -0.15) is 0 Å². The number of hydrogen-bond acceptors (Lipinski definition) is 6. The molecule has 2 N–H and O–H groups in total. The molecule has 1 aliphatic carbocycles. The number of nitrogens with zero attached hydrogens (tertiary/aromatic N) is 2. The number of likely N-dealkylation sites (N-methyl/N-ethyl adjacent to an activating group) is 1. The number of nitrogens with one attached hydrogen (secondary N) is 2. The number of rotatable bonds is 9. The van der Waals surface area contributed by atoms with E-state index >= 15 is 0 Å². The van der Waals surface area contributed by atoms with Crippen LogP contribution in [0.5, 0.6) is 5.88 Å². The summed E-state index contributed by atoms with van der Waals surface area (Å²) >= 11 is 0. The molecule has 4 rings (SSSR count). The summed E-state index contributed by atoms with van der Waals surface area (Å²) in [6.45, 7) is 8.14. The SMILES string of the molecule is CNC(=O)C(CC(C)C)NC(=O)c1ccc(N2CC3(COC3)C2)c(OCC2CC2)n1. The highest BCUT2D eigenvalue weighted by Crippen LogP contribution is 2.43. The molecule has 3 heterocycles. The first-order valence-electron chi connectivity index (χ1n) is 10.9. The van der Waals surface area contributed by atoms with Gasteiger partial charge in [-0.05, 0) is 43.2 Å². The lowest BCUT2D eigenvalue weighted by atomic mass is 9.78. The number of hydrogen-bond donors (Lipinski definition) is 2. The summed E-state index contributed by atoms with van der Waals surface area (Å²) in [5.74, 6) is 0.801. The van der Waals surface area contributed by atoms with Gasteiger partial charge >= 0.3 is 0 Å². The van der Waals surface area contributed by atoms with Crippen molar-refractivity contribution in [2.24, 2.45) is 17.3 Å². The average molecular weight is 417 g/mol. The van der Waals surface area contributed by atoms with E-state index in [0.29, 0.717) is 24.8 Å². The fraction of sp³-hybridized carbons (Fsp3) is 0.682. The first kappa shape index (κ1) is 20.9. The van der Waals surface area contributed by atoms with Crippen LogP contribution in [0.3, 0.4) is 0 Å². The summed E-state index contributed by atoms with van der Waals surface area (Å²) in [5.41, 5.74) is 1.47. The fourth-order valence-electron chi connectivity index (χ4n) is 4.00. The summed E-state index contributed by atoms with van der Waals surface area (Å²) in [5, 5.41) is 5.45. The van der Waals surface area contributed by atoms with Crippen molar-refractivity contribution in [2.75, 3.05) is 44.9 Å². The summed E-state index contributed by atoms with van der Waals surface area (Å²) in [4.78, 5) is 31.8. The van der Waals surface area contributed by atoms with Crippen molar-refractivity contribution in [3.8, 4) is 5.88 Å². The molecule has 1 atom stereocenters. The second-order valence-electron chi connectivity index (χ2n) is 9.39. The lowest BCUT2D eigenvalue weighted by Crippen LogP contribution is -2.66. The molecular formula is C22H32N4O4. The minimum Gasteiger partial charge on any atom is -0.476 e. The van der Waals surface area contributed by atoms with Crippen molar-refractivity contribution < 1.29 is 19.1 Å². The Labute approximate surface area is 177 Å². The van der Waals surface area contributed by atoms with E-state index in [9.17, 15) is 9.59 Å². The van der Waals surface area contributed by atoms with Crippen LogP contribution in [0.2, 0.25) is 0 Å². The van der Waals surface area contributed by atoms with E-state index < -0.39 is 6.04 Å². The van der Waals surface area contributed by atoms with E-state index in [1.165, 1.54) is 12.8 Å². The second kappa shape index (κ2) is 8.41. The van der Waals surface area contributed by atoms with E-state index in [1.807, 2.05) is 19.9 Å². The summed E-state index contributed by atoms with van der Waals surface area (Å²) in [6.07, 6.45) is 2.93. The molecule has 164 valence electrons. The van der Waals surface area contributed by atoms with Crippen molar-refractivity contribution in [1.82, 2.24) is 15.6 Å². The highest BCUT2D eigenvalue weighted by molar-refractivity contribution is 5.96. The molecule has 8 nitrogen and oxygen atoms in total. The van der Waals surface area contributed by atoms with Crippen LogP contribution in [0.25, 0.3) is 0 Å². The molecule has 2 amide bonds. The zero-order valence-corrected chi connectivity index (χ0v) is 18.1. The van der Waals surface area contributed by atoms with Crippen molar-refractivity contribution in [3.05, 3.63) is 17.8 Å². The van der Waals surface area contributed by atoms with Gasteiger partial charge in [0.25, 0.3) is 5.91 Å². The minimum atomic E-state index is -0.589. The van der Waals surface area contributed by atoms with Gasteiger partial charge in [-0.25, -0.2) is 4.98 Å². The van der Waals surface area contributed by atoms with E-state index in [1.54, 1.807) is 13.1 Å². The van der Waals surface area contributed by atoms with Gasteiger partial charge < -0.3 is 25.0 Å². The van der Waals surface area contributed by atoms with Gasteiger partial charge in [0.2, 0.25) is 11.8 Å². The standard InChI is InChI=1S/C22H32N4O4/c1-14(2)8-17(19(27)23-3)24-20(28)16-6-7-18(21(25-16)30-9-15-4-5-15)26-10-22(11-26)12-29-13-22/h6-7,14-15,17H,4-5,8-13H2,1-3H3,(H,23,27)(H,24,28). The molecular weight excluding hydrogens is 384 g/mol. The maximum atomic E-state index is 12.8. The van der Waals surface area contributed by atoms with Gasteiger partial charge in [-0.1, -0.05) is 13.8 Å². The molecule has 1 aromatic heterocycles. The average Bonchev–Trinajstić information content (AvgIpc) is 3.47. The van der Waals surface area contributed by atoms with Gasteiger partial charge in [0.15, 0.2) is 0 Å². The number of pyridine rings is 1. The smallest absolute Gasteiger partial charge is 0.270 e. The molecule has 1 spiro atoms. The molecule has 3 aliphatic rings. The van der Waals surface area contributed by atoms with E-state index in [4.69, 9.17) is 9.47 Å². The molecule has 0 radical (unpaired) electrons. The maximum Gasteiger partial charge on any atom is 0.270 e. The van der Waals surface area contributed by atoms with Crippen LogP contribution in [0.15, 0.2) is 12.1 Å². The van der Waals surface area contributed by atoms with Crippen LogP contribution >= 0.6 is 0 Å². The Balaban J connectivity index is 1.48. The third-order valence-electron chi connectivity index (χ3n) is 6.01. The molecule has 0 aromatic carbocycles. The molecule has 2 saturated heterocycles. The van der Waals surface area contributed by atoms with Crippen LogP contribution in [-0.2, 0) is 9.53 Å². The number of carbonyl (C=O) groups is 2. The van der Waals surface area contributed by atoms with Crippen LogP contribution in [0.1, 0.15) is 43.6 Å². The first-order chi connectivity index (χ1) is 14.4. The van der Waals surface area contributed by atoms with E-state index in [-0.39, 0.29) is 28.8 Å². The highest BCUT2D eigenvalue weighted by Gasteiger charge is 2.49. The van der Waals surface area contributed by atoms with Crippen LogP contribution in [-0.4, -0.2) is 62.8 Å². The van der Waals surface area contributed by atoms with Crippen LogP contribution in [0, 0.1) is 17.3 Å². The number of anilines is 1. The van der Waals surface area contributed by atoms with Gasteiger partial charge in [0, 0.05) is 20.1 Å². The Hall–Kier alpha value is -2.35. The molecule has 3 fully saturated rings. The monoisotopic (exact) mass is 416 g/mol. The molecule has 30 heavy (non-hydrogen) atoms. The quantitative estimate of drug-likeness (QED) is 0.635. The predicted octanol–water partition coefficient (Wildman–Crippen LogP) is 1.60. The van der Waals surface area contributed by atoms with Crippen LogP contribution < -0.4 is 20.3 Å². The Morgan fingerprint density at radius 1 is 1.30 bits per heavy atom.